The van der Waals surface area contributed by atoms with Crippen molar-refractivity contribution in [2.24, 2.45) is 0 Å². The van der Waals surface area contributed by atoms with Gasteiger partial charge in [0.1, 0.15) is 5.69 Å². The Bertz CT molecular complexity index is 722. The Morgan fingerprint density at radius 2 is 2.14 bits per heavy atom. The highest BCUT2D eigenvalue weighted by Gasteiger charge is 2.18. The second-order valence-electron chi connectivity index (χ2n) is 4.43. The van der Waals surface area contributed by atoms with Crippen molar-refractivity contribution in [1.29, 1.82) is 0 Å². The van der Waals surface area contributed by atoms with Crippen LogP contribution in [0.3, 0.4) is 0 Å². The number of ether oxygens (including phenoxy) is 1. The van der Waals surface area contributed by atoms with Crippen LogP contribution in [0.15, 0.2) is 9.13 Å². The Kier molecular flexibility index (Phi) is 4.17. The number of rotatable bonds is 3. The van der Waals surface area contributed by atoms with Gasteiger partial charge in [-0.15, -0.1) is 15.3 Å². The quantitative estimate of drug-likeness (QED) is 0.722. The lowest BCUT2D eigenvalue weighted by Gasteiger charge is -2.26. The zero-order valence-electron chi connectivity index (χ0n) is 11.3. The minimum absolute atomic E-state index is 0.0529. The molecule has 0 atom stereocenters. The van der Waals surface area contributed by atoms with Gasteiger partial charge < -0.3 is 9.64 Å². The van der Waals surface area contributed by atoms with E-state index < -0.39 is 0 Å². The van der Waals surface area contributed by atoms with Crippen molar-refractivity contribution in [1.82, 2.24) is 24.7 Å². The molecule has 1 aliphatic heterocycles. The molecule has 0 saturated carbocycles. The molecule has 1 amide bonds. The van der Waals surface area contributed by atoms with Crippen LogP contribution in [0.1, 0.15) is 5.69 Å². The second kappa shape index (κ2) is 6.08. The zero-order chi connectivity index (χ0) is 14.8. The highest BCUT2D eigenvalue weighted by molar-refractivity contribution is 8.01. The summed E-state index contributed by atoms with van der Waals surface area (Å²) in [5.74, 6) is 0.346. The van der Waals surface area contributed by atoms with E-state index in [0.29, 0.717) is 47.1 Å². The molecule has 1 aliphatic rings. The van der Waals surface area contributed by atoms with Crippen LogP contribution in [0.2, 0.25) is 0 Å². The van der Waals surface area contributed by atoms with Gasteiger partial charge in [0.05, 0.1) is 19.0 Å². The van der Waals surface area contributed by atoms with Crippen molar-refractivity contribution >= 4 is 34.0 Å². The topological polar surface area (TPSA) is 89.7 Å². The van der Waals surface area contributed by atoms with Gasteiger partial charge in [-0.1, -0.05) is 23.1 Å². The Balaban J connectivity index is 1.69. The van der Waals surface area contributed by atoms with E-state index in [1.807, 2.05) is 0 Å². The summed E-state index contributed by atoms with van der Waals surface area (Å²) in [4.78, 5) is 26.1. The molecule has 1 fully saturated rings. The molecule has 0 spiro atoms. The minimum atomic E-state index is -0.275. The molecule has 1 saturated heterocycles. The third kappa shape index (κ3) is 3.06. The average molecular weight is 327 g/mol. The Labute approximate surface area is 128 Å². The molecule has 2 aromatic rings. The molecule has 0 radical (unpaired) electrons. The number of carbonyl (C=O) groups excluding carboxylic acids is 1. The van der Waals surface area contributed by atoms with Gasteiger partial charge in [0.15, 0.2) is 4.34 Å². The summed E-state index contributed by atoms with van der Waals surface area (Å²) in [5, 5.41) is 11.9. The molecule has 0 N–H and O–H groups in total. The predicted octanol–water partition coefficient (Wildman–Crippen LogP) is -0.195. The lowest BCUT2D eigenvalue weighted by atomic mass is 10.4. The third-order valence-corrected chi connectivity index (χ3v) is 5.03. The average Bonchev–Trinajstić information content (AvgIpc) is 2.93. The molecule has 8 nitrogen and oxygen atoms in total. The maximum Gasteiger partial charge on any atom is 0.296 e. The highest BCUT2D eigenvalue weighted by Crippen LogP contribution is 2.23. The van der Waals surface area contributed by atoms with Crippen molar-refractivity contribution in [3.63, 3.8) is 0 Å². The number of thioether (sulfide) groups is 1. The molecule has 2 aromatic heterocycles. The van der Waals surface area contributed by atoms with Gasteiger partial charge in [0.2, 0.25) is 10.9 Å². The van der Waals surface area contributed by atoms with Crippen molar-refractivity contribution in [2.45, 2.75) is 11.3 Å². The molecule has 112 valence electrons. The van der Waals surface area contributed by atoms with E-state index in [0.717, 1.165) is 0 Å². The van der Waals surface area contributed by atoms with Crippen molar-refractivity contribution < 1.29 is 9.53 Å². The summed E-state index contributed by atoms with van der Waals surface area (Å²) in [6.07, 6.45) is 0. The van der Waals surface area contributed by atoms with E-state index in [1.165, 1.54) is 27.6 Å². The van der Waals surface area contributed by atoms with Gasteiger partial charge in [0.25, 0.3) is 5.56 Å². The number of amides is 1. The SMILES string of the molecule is Cc1nnc2sc(SCC(=O)N3CCOCC3)nn2c1=O. The minimum Gasteiger partial charge on any atom is -0.378 e. The fourth-order valence-corrected chi connectivity index (χ4v) is 3.64. The summed E-state index contributed by atoms with van der Waals surface area (Å²) in [6, 6.07) is 0. The van der Waals surface area contributed by atoms with Crippen molar-refractivity contribution in [3.8, 4) is 0 Å². The third-order valence-electron chi connectivity index (χ3n) is 3.01. The lowest BCUT2D eigenvalue weighted by Crippen LogP contribution is -2.41. The number of nitrogens with zero attached hydrogens (tertiary/aromatic N) is 5. The first-order valence-electron chi connectivity index (χ1n) is 6.36. The van der Waals surface area contributed by atoms with Gasteiger partial charge in [0, 0.05) is 13.1 Å². The van der Waals surface area contributed by atoms with E-state index in [-0.39, 0.29) is 11.5 Å². The van der Waals surface area contributed by atoms with E-state index in [1.54, 1.807) is 11.8 Å². The molecule has 3 rings (SSSR count). The fourth-order valence-electron chi connectivity index (χ4n) is 1.86. The number of carbonyl (C=O) groups is 1. The molecule has 0 aromatic carbocycles. The first-order valence-corrected chi connectivity index (χ1v) is 8.17. The Morgan fingerprint density at radius 1 is 1.38 bits per heavy atom. The zero-order valence-corrected chi connectivity index (χ0v) is 12.9. The van der Waals surface area contributed by atoms with Gasteiger partial charge >= 0.3 is 0 Å². The van der Waals surface area contributed by atoms with E-state index in [9.17, 15) is 9.59 Å². The molecule has 0 bridgehead atoms. The van der Waals surface area contributed by atoms with Crippen LogP contribution >= 0.6 is 23.1 Å². The number of aromatic nitrogens is 4. The first kappa shape index (κ1) is 14.4. The van der Waals surface area contributed by atoms with Gasteiger partial charge in [-0.25, -0.2) is 0 Å². The maximum atomic E-state index is 12.0. The molecular formula is C11H13N5O3S2. The Morgan fingerprint density at radius 3 is 2.90 bits per heavy atom. The van der Waals surface area contributed by atoms with E-state index in [2.05, 4.69) is 15.3 Å². The number of aryl methyl sites for hydroxylation is 1. The highest BCUT2D eigenvalue weighted by atomic mass is 32.2. The van der Waals surface area contributed by atoms with Crippen LogP contribution < -0.4 is 5.56 Å². The summed E-state index contributed by atoms with van der Waals surface area (Å²) in [5.41, 5.74) is 0.0290. The van der Waals surface area contributed by atoms with E-state index >= 15 is 0 Å². The lowest BCUT2D eigenvalue weighted by molar-refractivity contribution is -0.132. The Hall–Kier alpha value is -1.52. The molecule has 3 heterocycles. The van der Waals surface area contributed by atoms with Gasteiger partial charge in [-0.05, 0) is 6.92 Å². The normalized spacial score (nSPS) is 15.6. The summed E-state index contributed by atoms with van der Waals surface area (Å²) >= 11 is 2.56. The molecule has 10 heteroatoms. The molecule has 0 aliphatic carbocycles. The molecular weight excluding hydrogens is 314 g/mol. The van der Waals surface area contributed by atoms with Crippen LogP contribution in [-0.4, -0.2) is 62.7 Å². The number of morpholine rings is 1. The standard InChI is InChI=1S/C11H13N5O3S2/c1-7-9(18)16-10(13-12-7)21-11(14-16)20-6-8(17)15-2-4-19-5-3-15/h2-6H2,1H3. The predicted molar refractivity (Wildman–Crippen MR) is 77.8 cm³/mol. The van der Waals surface area contributed by atoms with Crippen LogP contribution in [0.4, 0.5) is 0 Å². The number of fused-ring (bicyclic) bond motifs is 1. The van der Waals surface area contributed by atoms with Crippen LogP contribution in [0.25, 0.3) is 4.96 Å². The summed E-state index contributed by atoms with van der Waals surface area (Å²) in [6.45, 7) is 4.02. The summed E-state index contributed by atoms with van der Waals surface area (Å²) in [7, 11) is 0. The van der Waals surface area contributed by atoms with Crippen LogP contribution in [0.5, 0.6) is 0 Å². The number of hydrogen-bond donors (Lipinski definition) is 0. The fraction of sp³-hybridized carbons (Fsp3) is 0.545. The number of hydrogen-bond acceptors (Lipinski definition) is 8. The van der Waals surface area contributed by atoms with Gasteiger partial charge in [-0.2, -0.15) is 4.52 Å². The molecule has 21 heavy (non-hydrogen) atoms. The van der Waals surface area contributed by atoms with E-state index in [4.69, 9.17) is 4.74 Å². The monoisotopic (exact) mass is 327 g/mol. The summed E-state index contributed by atoms with van der Waals surface area (Å²) < 4.78 is 7.08. The largest absolute Gasteiger partial charge is 0.378 e. The first-order chi connectivity index (χ1) is 10.1. The maximum absolute atomic E-state index is 12.0. The van der Waals surface area contributed by atoms with Gasteiger partial charge in [-0.3, -0.25) is 9.59 Å². The van der Waals surface area contributed by atoms with Crippen LogP contribution in [0, 0.1) is 6.92 Å². The smallest absolute Gasteiger partial charge is 0.296 e. The molecule has 0 unspecified atom stereocenters. The van der Waals surface area contributed by atoms with Crippen molar-refractivity contribution in [3.05, 3.63) is 16.0 Å². The van der Waals surface area contributed by atoms with Crippen molar-refractivity contribution in [2.75, 3.05) is 32.1 Å². The van der Waals surface area contributed by atoms with Crippen LogP contribution in [-0.2, 0) is 9.53 Å². The second-order valence-corrected chi connectivity index (χ2v) is 6.61.